The van der Waals surface area contributed by atoms with Gasteiger partial charge in [-0.05, 0) is 67.2 Å². The quantitative estimate of drug-likeness (QED) is 0.691. The van der Waals surface area contributed by atoms with Gasteiger partial charge in [0.15, 0.2) is 0 Å². The van der Waals surface area contributed by atoms with Gasteiger partial charge in [0.1, 0.15) is 18.1 Å². The van der Waals surface area contributed by atoms with E-state index in [1.807, 2.05) is 0 Å². The number of nitrogens with one attached hydrogen (secondary N) is 1. The maximum atomic E-state index is 15.3. The molecule has 1 aliphatic heterocycles. The van der Waals surface area contributed by atoms with Crippen LogP contribution in [-0.4, -0.2) is 48.1 Å². The molecule has 5 aliphatic rings. The number of aliphatic hydroxyl groups is 1. The van der Waals surface area contributed by atoms with Crippen LogP contribution in [0, 0.1) is 34.5 Å². The molecule has 5 rings (SSSR count). The molecule has 4 aliphatic carbocycles. The van der Waals surface area contributed by atoms with Gasteiger partial charge in [-0.25, -0.2) is 4.39 Å². The first-order valence-corrected chi connectivity index (χ1v) is 11.6. The van der Waals surface area contributed by atoms with Gasteiger partial charge in [-0.3, -0.25) is 4.79 Å². The fraction of sp³-hybridized carbons (Fsp3) is 0.913. The van der Waals surface area contributed by atoms with E-state index in [2.05, 4.69) is 24.3 Å². The summed E-state index contributed by atoms with van der Waals surface area (Å²) in [5, 5.41) is 18.0. The Bertz CT molecular complexity index is 708. The number of aliphatic hydroxyl groups excluding tert-OH is 1. The van der Waals surface area contributed by atoms with E-state index < -0.39 is 6.17 Å². The van der Waals surface area contributed by atoms with Gasteiger partial charge in [-0.2, -0.15) is 0 Å². The molecule has 5 fully saturated rings. The minimum atomic E-state index is -1.13. The minimum absolute atomic E-state index is 0.0132. The highest BCUT2D eigenvalue weighted by atomic mass is 19.1. The van der Waals surface area contributed by atoms with Crippen LogP contribution in [0.5, 0.6) is 0 Å². The van der Waals surface area contributed by atoms with Crippen LogP contribution in [0.15, 0.2) is 5.16 Å². The minimum Gasteiger partial charge on any atom is -0.393 e. The lowest BCUT2D eigenvalue weighted by atomic mass is 9.44. The van der Waals surface area contributed by atoms with Crippen molar-refractivity contribution in [2.75, 3.05) is 13.1 Å². The highest BCUT2D eigenvalue weighted by Gasteiger charge is 2.63. The fourth-order valence-corrected chi connectivity index (χ4v) is 7.80. The number of carbonyl (C=O) groups is 1. The predicted molar refractivity (Wildman–Crippen MR) is 108 cm³/mol. The van der Waals surface area contributed by atoms with Crippen LogP contribution in [0.1, 0.15) is 65.2 Å². The molecule has 0 radical (unpaired) electrons. The number of ketones is 1. The van der Waals surface area contributed by atoms with Crippen LogP contribution < -0.4 is 5.32 Å². The first kappa shape index (κ1) is 19.9. The van der Waals surface area contributed by atoms with Gasteiger partial charge in [-0.15, -0.1) is 0 Å². The Morgan fingerprint density at radius 1 is 1.14 bits per heavy atom. The molecule has 9 atom stereocenters. The summed E-state index contributed by atoms with van der Waals surface area (Å²) in [5.41, 5.74) is 0.0648. The second kappa shape index (κ2) is 7.01. The molecule has 1 unspecified atom stereocenters. The highest BCUT2D eigenvalue weighted by Crippen LogP contribution is 2.65. The number of Topliss-reactive ketones (excluding diaryl/α,β-unsaturated/α-hetero) is 1. The van der Waals surface area contributed by atoms with Crippen molar-refractivity contribution in [1.29, 1.82) is 0 Å². The second-order valence-electron chi connectivity index (χ2n) is 10.9. The summed E-state index contributed by atoms with van der Waals surface area (Å²) in [7, 11) is 0. The monoisotopic (exact) mass is 406 g/mol. The molecule has 162 valence electrons. The van der Waals surface area contributed by atoms with E-state index in [1.165, 1.54) is 0 Å². The maximum Gasteiger partial charge on any atom is 0.142 e. The second-order valence-corrected chi connectivity index (χ2v) is 10.9. The molecule has 1 saturated heterocycles. The molecule has 0 spiro atoms. The van der Waals surface area contributed by atoms with Crippen molar-refractivity contribution >= 4 is 11.5 Å². The normalized spacial score (nSPS) is 53.4. The Labute approximate surface area is 172 Å². The summed E-state index contributed by atoms with van der Waals surface area (Å²) < 4.78 is 15.3. The van der Waals surface area contributed by atoms with Crippen molar-refractivity contribution in [3.05, 3.63) is 0 Å². The van der Waals surface area contributed by atoms with Crippen molar-refractivity contribution in [3.63, 3.8) is 0 Å². The number of fused-ring (bicyclic) bond motifs is 5. The number of oxime groups is 1. The standard InChI is InChI=1S/C23H35FN2O3/c1-22-7-5-16-14(15(22)3-4-21(22)28)9-20(27)17-10-19(18(24)11-23(16,17)2)26-29-13-6-8-25-12-13/h13-18,21,25,28H,3-12H2,1-2H3/b26-19+/t13-,14+,15+,16+,17?,18-,21+,22+,23-/m1/s1. The van der Waals surface area contributed by atoms with Crippen LogP contribution >= 0.6 is 0 Å². The Balaban J connectivity index is 1.38. The average molecular weight is 407 g/mol. The van der Waals surface area contributed by atoms with Crippen LogP contribution in [0.4, 0.5) is 4.39 Å². The Morgan fingerprint density at radius 3 is 2.69 bits per heavy atom. The average Bonchev–Trinajstić information content (AvgIpc) is 3.29. The molecule has 0 aromatic heterocycles. The van der Waals surface area contributed by atoms with E-state index in [-0.39, 0.29) is 34.7 Å². The number of hydrogen-bond donors (Lipinski definition) is 2. The van der Waals surface area contributed by atoms with Gasteiger partial charge in [0.2, 0.25) is 0 Å². The molecule has 0 bridgehead atoms. The van der Waals surface area contributed by atoms with Crippen LogP contribution in [0.2, 0.25) is 0 Å². The first-order valence-electron chi connectivity index (χ1n) is 11.6. The van der Waals surface area contributed by atoms with Gasteiger partial charge in [0, 0.05) is 31.7 Å². The topological polar surface area (TPSA) is 70.9 Å². The van der Waals surface area contributed by atoms with Gasteiger partial charge in [-0.1, -0.05) is 19.0 Å². The van der Waals surface area contributed by atoms with E-state index in [0.717, 1.165) is 45.2 Å². The fourth-order valence-electron chi connectivity index (χ4n) is 7.80. The third-order valence-electron chi connectivity index (χ3n) is 9.58. The zero-order valence-corrected chi connectivity index (χ0v) is 17.7. The van der Waals surface area contributed by atoms with E-state index in [0.29, 0.717) is 42.7 Å². The molecule has 29 heavy (non-hydrogen) atoms. The predicted octanol–water partition coefficient (Wildman–Crippen LogP) is 3.25. The smallest absolute Gasteiger partial charge is 0.142 e. The lowest BCUT2D eigenvalue weighted by Crippen LogP contribution is -2.58. The third kappa shape index (κ3) is 3.00. The van der Waals surface area contributed by atoms with E-state index in [1.54, 1.807) is 0 Å². The molecule has 0 aromatic rings. The molecular formula is C23H35FN2O3. The summed E-state index contributed by atoms with van der Waals surface area (Å²) in [4.78, 5) is 18.9. The molecule has 5 nitrogen and oxygen atoms in total. The van der Waals surface area contributed by atoms with Gasteiger partial charge >= 0.3 is 0 Å². The molecule has 4 saturated carbocycles. The molecule has 1 heterocycles. The lowest BCUT2D eigenvalue weighted by Gasteiger charge is -2.59. The summed E-state index contributed by atoms with van der Waals surface area (Å²) in [6, 6.07) is 0. The van der Waals surface area contributed by atoms with Crippen LogP contribution in [0.25, 0.3) is 0 Å². The van der Waals surface area contributed by atoms with Gasteiger partial charge < -0.3 is 15.3 Å². The van der Waals surface area contributed by atoms with E-state index in [9.17, 15) is 9.90 Å². The Hall–Kier alpha value is -1.01. The molecule has 0 amide bonds. The van der Waals surface area contributed by atoms with E-state index >= 15 is 4.39 Å². The van der Waals surface area contributed by atoms with Gasteiger partial charge in [0.05, 0.1) is 11.8 Å². The number of hydrogen-bond acceptors (Lipinski definition) is 5. The van der Waals surface area contributed by atoms with Crippen molar-refractivity contribution in [1.82, 2.24) is 5.32 Å². The first-order chi connectivity index (χ1) is 13.8. The van der Waals surface area contributed by atoms with Gasteiger partial charge in [0.25, 0.3) is 0 Å². The lowest BCUT2D eigenvalue weighted by molar-refractivity contribution is -0.154. The number of rotatable bonds is 2. The number of halogens is 1. The largest absolute Gasteiger partial charge is 0.393 e. The van der Waals surface area contributed by atoms with Crippen molar-refractivity contribution in [2.24, 2.45) is 39.7 Å². The maximum absolute atomic E-state index is 15.3. The third-order valence-corrected chi connectivity index (χ3v) is 9.58. The van der Waals surface area contributed by atoms with Crippen molar-refractivity contribution in [3.8, 4) is 0 Å². The summed E-state index contributed by atoms with van der Waals surface area (Å²) in [6.07, 6.45) is 4.74. The number of alkyl halides is 1. The van der Waals surface area contributed by atoms with Crippen molar-refractivity contribution < 1.29 is 19.1 Å². The zero-order valence-electron chi connectivity index (χ0n) is 17.7. The Kier molecular flexibility index (Phi) is 4.82. The summed E-state index contributed by atoms with van der Waals surface area (Å²) >= 11 is 0. The molecule has 0 aromatic carbocycles. The number of nitrogens with zero attached hydrogens (tertiary/aromatic N) is 1. The SMILES string of the molecule is C[C@]12CC[C@H]3[C@@H](CC(=O)C4C/C(=N\O[C@@H]5CCNC5)[C@H](F)C[C@@]43C)[C@@H]1CC[C@@H]2O. The van der Waals surface area contributed by atoms with Crippen LogP contribution in [0.3, 0.4) is 0 Å². The molecule has 6 heteroatoms. The van der Waals surface area contributed by atoms with E-state index in [4.69, 9.17) is 4.84 Å². The molecular weight excluding hydrogens is 371 g/mol. The summed E-state index contributed by atoms with van der Waals surface area (Å²) in [6.45, 7) is 6.03. The highest BCUT2D eigenvalue weighted by molar-refractivity contribution is 5.95. The number of carbonyl (C=O) groups excluding carboxylic acids is 1. The zero-order chi connectivity index (χ0) is 20.4. The Morgan fingerprint density at radius 2 is 1.93 bits per heavy atom. The molecule has 2 N–H and O–H groups in total. The summed E-state index contributed by atoms with van der Waals surface area (Å²) in [5.74, 6) is 1.20. The van der Waals surface area contributed by atoms with Crippen LogP contribution in [-0.2, 0) is 9.63 Å². The van der Waals surface area contributed by atoms with Crippen molar-refractivity contribution in [2.45, 2.75) is 83.6 Å².